The number of carbonyl (C=O) groups is 2. The highest BCUT2D eigenvalue weighted by atomic mass is 16.6. The van der Waals surface area contributed by atoms with Gasteiger partial charge in [0.15, 0.2) is 0 Å². The summed E-state index contributed by atoms with van der Waals surface area (Å²) >= 11 is 0. The molecule has 7 heteroatoms. The molecule has 1 aromatic rings. The molecule has 1 fully saturated rings. The van der Waals surface area contributed by atoms with Crippen molar-refractivity contribution in [2.75, 3.05) is 37.7 Å². The fraction of sp³-hybridized carbons (Fsp3) is 0.579. The van der Waals surface area contributed by atoms with Gasteiger partial charge < -0.3 is 25.0 Å². The molecule has 0 aromatic heterocycles. The molecule has 0 spiro atoms. The zero-order valence-corrected chi connectivity index (χ0v) is 15.7. The van der Waals surface area contributed by atoms with E-state index in [1.807, 2.05) is 39.0 Å². The molecule has 1 saturated heterocycles. The van der Waals surface area contributed by atoms with Crippen LogP contribution in [0.4, 0.5) is 10.5 Å². The molecule has 142 valence electrons. The molecule has 0 bridgehead atoms. The summed E-state index contributed by atoms with van der Waals surface area (Å²) in [6.45, 7) is 8.67. The van der Waals surface area contributed by atoms with Gasteiger partial charge >= 0.3 is 6.09 Å². The van der Waals surface area contributed by atoms with E-state index in [-0.39, 0.29) is 17.9 Å². The Kier molecular flexibility index (Phi) is 4.98. The number of anilines is 1. The van der Waals surface area contributed by atoms with Crippen molar-refractivity contribution in [3.8, 4) is 5.75 Å². The van der Waals surface area contributed by atoms with Gasteiger partial charge in [-0.1, -0.05) is 6.07 Å². The Balaban J connectivity index is 1.60. The van der Waals surface area contributed by atoms with Crippen LogP contribution in [-0.4, -0.2) is 55.3 Å². The van der Waals surface area contributed by atoms with Gasteiger partial charge in [-0.2, -0.15) is 0 Å². The molecule has 0 saturated carbocycles. The number of amides is 2. The van der Waals surface area contributed by atoms with Gasteiger partial charge in [-0.3, -0.25) is 4.79 Å². The first kappa shape index (κ1) is 18.4. The lowest BCUT2D eigenvalue weighted by Crippen LogP contribution is -2.50. The van der Waals surface area contributed by atoms with Crippen molar-refractivity contribution in [2.24, 2.45) is 11.7 Å². The molecule has 26 heavy (non-hydrogen) atoms. The van der Waals surface area contributed by atoms with Crippen molar-refractivity contribution < 1.29 is 19.1 Å². The Labute approximate surface area is 154 Å². The van der Waals surface area contributed by atoms with E-state index in [0.717, 1.165) is 30.1 Å². The van der Waals surface area contributed by atoms with E-state index in [1.54, 1.807) is 4.90 Å². The van der Waals surface area contributed by atoms with Gasteiger partial charge in [0.2, 0.25) is 5.91 Å². The summed E-state index contributed by atoms with van der Waals surface area (Å²) in [6, 6.07) is 6.05. The van der Waals surface area contributed by atoms with Gasteiger partial charge in [-0.25, -0.2) is 4.79 Å². The molecular formula is C19H27N3O4. The van der Waals surface area contributed by atoms with Gasteiger partial charge in [0.25, 0.3) is 0 Å². The Bertz CT molecular complexity index is 691. The molecule has 2 N–H and O–H groups in total. The maximum absolute atomic E-state index is 12.2. The van der Waals surface area contributed by atoms with E-state index in [4.69, 9.17) is 15.2 Å². The fourth-order valence-electron chi connectivity index (χ4n) is 3.21. The highest BCUT2D eigenvalue weighted by molar-refractivity contribution is 5.77. The second-order valence-electron chi connectivity index (χ2n) is 7.86. The molecule has 0 unspecified atom stereocenters. The molecule has 2 aliphatic rings. The molecular weight excluding hydrogens is 334 g/mol. The zero-order chi connectivity index (χ0) is 18.9. The van der Waals surface area contributed by atoms with Crippen LogP contribution in [0.15, 0.2) is 18.2 Å². The van der Waals surface area contributed by atoms with Crippen LogP contribution in [0.2, 0.25) is 0 Å². The molecule has 0 aliphatic carbocycles. The molecule has 2 heterocycles. The Hall–Kier alpha value is -2.44. The topological polar surface area (TPSA) is 85.1 Å². The number of ether oxygens (including phenoxy) is 2. The molecule has 3 rings (SSSR count). The summed E-state index contributed by atoms with van der Waals surface area (Å²) in [4.78, 5) is 27.5. The predicted octanol–water partition coefficient (Wildman–Crippen LogP) is 1.78. The number of hydrogen-bond acceptors (Lipinski definition) is 5. The molecule has 2 aliphatic heterocycles. The second-order valence-corrected chi connectivity index (χ2v) is 7.86. The zero-order valence-electron chi connectivity index (χ0n) is 15.7. The highest BCUT2D eigenvalue weighted by Gasteiger charge is 2.28. The lowest BCUT2D eigenvalue weighted by molar-refractivity contribution is -0.123. The smallest absolute Gasteiger partial charge is 0.410 e. The summed E-state index contributed by atoms with van der Waals surface area (Å²) in [5.41, 5.74) is 6.97. The maximum Gasteiger partial charge on any atom is 0.410 e. The number of carbonyl (C=O) groups excluding carboxylic acids is 2. The number of nitrogens with two attached hydrogens (primary N) is 1. The molecule has 1 atom stereocenters. The van der Waals surface area contributed by atoms with Crippen molar-refractivity contribution in [3.63, 3.8) is 0 Å². The first-order chi connectivity index (χ1) is 12.2. The van der Waals surface area contributed by atoms with E-state index in [1.165, 1.54) is 0 Å². The van der Waals surface area contributed by atoms with Crippen molar-refractivity contribution in [2.45, 2.75) is 32.8 Å². The van der Waals surface area contributed by atoms with Gasteiger partial charge in [-0.15, -0.1) is 0 Å². The number of nitrogens with zero attached hydrogens (tertiary/aromatic N) is 2. The number of benzene rings is 1. The number of primary amides is 1. The quantitative estimate of drug-likeness (QED) is 0.868. The van der Waals surface area contributed by atoms with Crippen LogP contribution in [0.5, 0.6) is 5.75 Å². The number of fused-ring (bicyclic) bond motifs is 1. The van der Waals surface area contributed by atoms with Gasteiger partial charge in [0, 0.05) is 37.9 Å². The largest absolute Gasteiger partial charge is 0.492 e. The fourth-order valence-corrected chi connectivity index (χ4v) is 3.21. The maximum atomic E-state index is 12.2. The molecule has 0 radical (unpaired) electrons. The number of piperazine rings is 1. The predicted molar refractivity (Wildman–Crippen MR) is 98.3 cm³/mol. The van der Waals surface area contributed by atoms with Crippen LogP contribution >= 0.6 is 0 Å². The first-order valence-electron chi connectivity index (χ1n) is 9.01. The van der Waals surface area contributed by atoms with Crippen molar-refractivity contribution in [3.05, 3.63) is 23.8 Å². The summed E-state index contributed by atoms with van der Waals surface area (Å²) in [5.74, 6) is 0.235. The minimum Gasteiger partial charge on any atom is -0.492 e. The van der Waals surface area contributed by atoms with Gasteiger partial charge in [0.1, 0.15) is 18.0 Å². The lowest BCUT2D eigenvalue weighted by atomic mass is 9.96. The standard InChI is InChI=1S/C19H27N3O4/c1-19(2,3)26-18(24)22-8-6-21(7-9-22)15-5-4-13-10-14(17(20)23)12-25-16(13)11-15/h4-5,11,14H,6-10,12H2,1-3H3,(H2,20,23)/t14-/m0/s1. The van der Waals surface area contributed by atoms with Crippen molar-refractivity contribution >= 4 is 17.7 Å². The third-order valence-electron chi connectivity index (χ3n) is 4.66. The van der Waals surface area contributed by atoms with E-state index in [2.05, 4.69) is 4.90 Å². The first-order valence-corrected chi connectivity index (χ1v) is 9.01. The minimum absolute atomic E-state index is 0.259. The SMILES string of the molecule is CC(C)(C)OC(=O)N1CCN(c2ccc3c(c2)OC[C@@H](C(N)=O)C3)CC1. The minimum atomic E-state index is -0.479. The average molecular weight is 361 g/mol. The summed E-state index contributed by atoms with van der Waals surface area (Å²) in [6.07, 6.45) is 0.362. The number of hydrogen-bond donors (Lipinski definition) is 1. The van der Waals surface area contributed by atoms with Crippen molar-refractivity contribution in [1.29, 1.82) is 0 Å². The third kappa shape index (κ3) is 4.20. The van der Waals surface area contributed by atoms with Gasteiger partial charge in [-0.05, 0) is 38.8 Å². The number of rotatable bonds is 2. The van der Waals surface area contributed by atoms with E-state index >= 15 is 0 Å². The van der Waals surface area contributed by atoms with Crippen LogP contribution in [0.25, 0.3) is 0 Å². The van der Waals surface area contributed by atoms with Crippen molar-refractivity contribution in [1.82, 2.24) is 4.90 Å². The normalized spacial score (nSPS) is 20.2. The van der Waals surface area contributed by atoms with Crippen LogP contribution in [0.1, 0.15) is 26.3 Å². The molecule has 2 amide bonds. The van der Waals surface area contributed by atoms with Crippen LogP contribution < -0.4 is 15.4 Å². The van der Waals surface area contributed by atoms with Crippen LogP contribution in [0, 0.1) is 5.92 Å². The molecule has 1 aromatic carbocycles. The molecule has 7 nitrogen and oxygen atoms in total. The summed E-state index contributed by atoms with van der Waals surface area (Å²) in [5, 5.41) is 0. The van der Waals surface area contributed by atoms with Gasteiger partial charge in [0.05, 0.1) is 5.92 Å². The van der Waals surface area contributed by atoms with Crippen LogP contribution in [0.3, 0.4) is 0 Å². The summed E-state index contributed by atoms with van der Waals surface area (Å²) < 4.78 is 11.2. The Morgan fingerprint density at radius 2 is 1.88 bits per heavy atom. The lowest BCUT2D eigenvalue weighted by Gasteiger charge is -2.37. The average Bonchev–Trinajstić information content (AvgIpc) is 2.59. The summed E-state index contributed by atoms with van der Waals surface area (Å²) in [7, 11) is 0. The van der Waals surface area contributed by atoms with E-state index < -0.39 is 5.60 Å². The van der Waals surface area contributed by atoms with Crippen LogP contribution in [-0.2, 0) is 16.0 Å². The highest BCUT2D eigenvalue weighted by Crippen LogP contribution is 2.32. The van der Waals surface area contributed by atoms with E-state index in [0.29, 0.717) is 26.1 Å². The monoisotopic (exact) mass is 361 g/mol. The Morgan fingerprint density at radius 1 is 1.19 bits per heavy atom. The second kappa shape index (κ2) is 7.05. The Morgan fingerprint density at radius 3 is 2.50 bits per heavy atom. The van der Waals surface area contributed by atoms with E-state index in [9.17, 15) is 9.59 Å². The third-order valence-corrected chi connectivity index (χ3v) is 4.66.